The van der Waals surface area contributed by atoms with Crippen LogP contribution in [-0.4, -0.2) is 12.0 Å². The molecule has 0 atom stereocenters. The first-order valence-electron chi connectivity index (χ1n) is 7.71. The Balaban J connectivity index is 2.17. The normalized spacial score (nSPS) is 10.9. The van der Waals surface area contributed by atoms with Gasteiger partial charge < -0.3 is 9.76 Å². The zero-order chi connectivity index (χ0) is 16.5. The van der Waals surface area contributed by atoms with Crippen molar-refractivity contribution >= 4 is 39.9 Å². The Hall–Kier alpha value is -2.65. The van der Waals surface area contributed by atoms with Crippen LogP contribution in [-0.2, 0) is 0 Å². The number of benzene rings is 4. The molecule has 0 bridgehead atoms. The van der Waals surface area contributed by atoms with Crippen molar-refractivity contribution in [3.05, 3.63) is 72.8 Å². The quantitative estimate of drug-likeness (QED) is 0.519. The number of hydrogen-bond acceptors (Lipinski definition) is 2. The molecule has 0 saturated heterocycles. The average Bonchev–Trinajstić information content (AvgIpc) is 2.62. The highest BCUT2D eigenvalue weighted by molar-refractivity contribution is 6.90. The van der Waals surface area contributed by atoms with Gasteiger partial charge in [-0.3, -0.25) is 0 Å². The Morgan fingerprint density at radius 2 is 1.29 bits per heavy atom. The zero-order valence-electron chi connectivity index (χ0n) is 12.9. The first-order chi connectivity index (χ1) is 11.8. The predicted molar refractivity (Wildman–Crippen MR) is 102 cm³/mol. The van der Waals surface area contributed by atoms with E-state index in [1.807, 2.05) is 66.7 Å². The van der Waals surface area contributed by atoms with Crippen molar-refractivity contribution in [1.82, 2.24) is 0 Å². The molecule has 4 aromatic carbocycles. The van der Waals surface area contributed by atoms with E-state index < -0.39 is 0 Å². The lowest BCUT2D eigenvalue weighted by Gasteiger charge is -2.16. The van der Waals surface area contributed by atoms with Crippen molar-refractivity contribution in [3.63, 3.8) is 0 Å². The van der Waals surface area contributed by atoms with Gasteiger partial charge >= 0.3 is 6.90 Å². The maximum atomic E-state index is 10.6. The van der Waals surface area contributed by atoms with E-state index in [4.69, 9.17) is 16.1 Å². The second-order valence-electron chi connectivity index (χ2n) is 5.59. The maximum absolute atomic E-state index is 10.6. The Morgan fingerprint density at radius 3 is 1.96 bits per heavy atom. The van der Waals surface area contributed by atoms with Gasteiger partial charge in [0.1, 0.15) is 11.5 Å². The fourth-order valence-electron chi connectivity index (χ4n) is 3.21. The summed E-state index contributed by atoms with van der Waals surface area (Å²) in [6.45, 7) is 0.0524. The molecule has 0 unspecified atom stereocenters. The molecule has 0 aromatic heterocycles. The zero-order valence-corrected chi connectivity index (χ0v) is 13.6. The fraction of sp³-hybridized carbons (Fsp3) is 0. The summed E-state index contributed by atoms with van der Waals surface area (Å²) in [7, 11) is 0. The molecule has 0 spiro atoms. The van der Waals surface area contributed by atoms with Crippen LogP contribution in [0.15, 0.2) is 72.8 Å². The monoisotopic (exact) mass is 332 g/mol. The van der Waals surface area contributed by atoms with E-state index in [0.29, 0.717) is 5.75 Å². The van der Waals surface area contributed by atoms with Crippen LogP contribution in [0.4, 0.5) is 0 Å². The summed E-state index contributed by atoms with van der Waals surface area (Å²) in [5.41, 5.74) is 1.63. The lowest BCUT2D eigenvalue weighted by molar-refractivity contribution is 0.478. The van der Waals surface area contributed by atoms with Crippen LogP contribution in [0.2, 0.25) is 0 Å². The van der Waals surface area contributed by atoms with Crippen molar-refractivity contribution in [3.8, 4) is 22.6 Å². The van der Waals surface area contributed by atoms with E-state index in [1.165, 1.54) is 0 Å². The molecule has 0 aliphatic rings. The van der Waals surface area contributed by atoms with E-state index in [2.05, 4.69) is 0 Å². The highest BCUT2D eigenvalue weighted by atomic mass is 35.5. The summed E-state index contributed by atoms with van der Waals surface area (Å²) in [5.74, 6) is 0.889. The van der Waals surface area contributed by atoms with Crippen molar-refractivity contribution in [2.24, 2.45) is 0 Å². The third-order valence-corrected chi connectivity index (χ3v) is 4.37. The van der Waals surface area contributed by atoms with Gasteiger partial charge in [-0.05, 0) is 33.7 Å². The number of phenols is 1. The predicted octanol–water partition coefficient (Wildman–Crippen LogP) is 5.25. The number of hydrogen-bond donors (Lipinski definition) is 1. The second kappa shape index (κ2) is 6.10. The van der Waals surface area contributed by atoms with E-state index >= 15 is 0 Å². The second-order valence-corrected chi connectivity index (χ2v) is 5.81. The van der Waals surface area contributed by atoms with Crippen LogP contribution in [0.1, 0.15) is 0 Å². The van der Waals surface area contributed by atoms with Crippen LogP contribution < -0.4 is 4.65 Å². The number of rotatable bonds is 3. The van der Waals surface area contributed by atoms with Crippen LogP contribution in [0, 0.1) is 0 Å². The third kappa shape index (κ3) is 2.38. The smallest absolute Gasteiger partial charge is 0.445 e. The first kappa shape index (κ1) is 14.9. The van der Waals surface area contributed by atoms with Crippen molar-refractivity contribution in [2.45, 2.75) is 0 Å². The molecule has 0 amide bonds. The van der Waals surface area contributed by atoms with Gasteiger partial charge in [0.15, 0.2) is 0 Å². The highest BCUT2D eigenvalue weighted by Gasteiger charge is 2.17. The summed E-state index contributed by atoms with van der Waals surface area (Å²) in [5, 5.41) is 14.8. The van der Waals surface area contributed by atoms with Crippen LogP contribution in [0.25, 0.3) is 32.7 Å². The van der Waals surface area contributed by atoms with E-state index in [0.717, 1.165) is 32.7 Å². The molecule has 116 valence electrons. The molecule has 24 heavy (non-hydrogen) atoms. The number of phenolic OH excluding ortho intramolecular Hbond substituents is 1. The van der Waals surface area contributed by atoms with E-state index in [1.54, 1.807) is 6.07 Å². The van der Waals surface area contributed by atoms with Crippen LogP contribution in [0.5, 0.6) is 11.5 Å². The minimum absolute atomic E-state index is 0.0524. The van der Waals surface area contributed by atoms with E-state index in [-0.39, 0.29) is 12.6 Å². The Bertz CT molecular complexity index is 1050. The standard InChI is InChI=1S/C20H14BClO2/c22-21-24-18-12-10-14-6-2-4-8-16(14)20(18)19-15-7-3-1-5-13(15)9-11-17(19)23/h1-12,21,23H. The lowest BCUT2D eigenvalue weighted by Crippen LogP contribution is -1.97. The Labute approximate surface area is 145 Å². The molecule has 0 fully saturated rings. The molecule has 0 radical (unpaired) electrons. The van der Waals surface area contributed by atoms with Gasteiger partial charge in [0.05, 0.1) is 0 Å². The lowest BCUT2D eigenvalue weighted by atomic mass is 9.92. The minimum atomic E-state index is 0.0524. The number of fused-ring (bicyclic) bond motifs is 2. The number of aromatic hydroxyl groups is 1. The topological polar surface area (TPSA) is 29.5 Å². The van der Waals surface area contributed by atoms with Crippen molar-refractivity contribution in [1.29, 1.82) is 0 Å². The Morgan fingerprint density at radius 1 is 0.708 bits per heavy atom. The average molecular weight is 333 g/mol. The van der Waals surface area contributed by atoms with Crippen LogP contribution >= 0.6 is 11.5 Å². The molecule has 0 aliphatic heterocycles. The number of halogens is 1. The van der Waals surface area contributed by atoms with Gasteiger partial charge in [0, 0.05) is 11.1 Å². The summed E-state index contributed by atoms with van der Waals surface area (Å²) in [4.78, 5) is 0. The summed E-state index contributed by atoms with van der Waals surface area (Å²) < 4.78 is 5.66. The molecule has 0 aliphatic carbocycles. The minimum Gasteiger partial charge on any atom is -0.549 e. The maximum Gasteiger partial charge on any atom is 0.445 e. The molecule has 1 N–H and O–H groups in total. The van der Waals surface area contributed by atoms with Gasteiger partial charge in [0.2, 0.25) is 0 Å². The molecular weight excluding hydrogens is 318 g/mol. The Kier molecular flexibility index (Phi) is 3.79. The van der Waals surface area contributed by atoms with Gasteiger partial charge in [-0.15, -0.1) is 11.5 Å². The highest BCUT2D eigenvalue weighted by Crippen LogP contribution is 2.44. The molecule has 0 saturated carbocycles. The van der Waals surface area contributed by atoms with Gasteiger partial charge in [0.25, 0.3) is 0 Å². The molecule has 4 heteroatoms. The summed E-state index contributed by atoms with van der Waals surface area (Å²) in [6.07, 6.45) is 0. The van der Waals surface area contributed by atoms with Crippen molar-refractivity contribution < 1.29 is 9.76 Å². The first-order valence-corrected chi connectivity index (χ1v) is 8.24. The third-order valence-electron chi connectivity index (χ3n) is 4.26. The molecule has 4 rings (SSSR count). The summed E-state index contributed by atoms with van der Waals surface area (Å²) in [6, 6.07) is 23.6. The molecule has 0 heterocycles. The fourth-order valence-corrected chi connectivity index (χ4v) is 3.33. The van der Waals surface area contributed by atoms with Gasteiger partial charge in [-0.2, -0.15) is 0 Å². The van der Waals surface area contributed by atoms with Gasteiger partial charge in [-0.25, -0.2) is 0 Å². The summed E-state index contributed by atoms with van der Waals surface area (Å²) >= 11 is 5.82. The largest absolute Gasteiger partial charge is 0.549 e. The van der Waals surface area contributed by atoms with Crippen molar-refractivity contribution in [2.75, 3.05) is 0 Å². The SMILES string of the molecule is Oc1ccc2ccccc2c1-c1c(OBCl)ccc2ccccc12. The van der Waals surface area contributed by atoms with E-state index in [9.17, 15) is 5.11 Å². The molecular formula is C20H14BClO2. The van der Waals surface area contributed by atoms with Gasteiger partial charge in [-0.1, -0.05) is 60.7 Å². The van der Waals surface area contributed by atoms with Crippen LogP contribution in [0.3, 0.4) is 0 Å². The molecule has 2 nitrogen and oxygen atoms in total. The molecule has 4 aromatic rings.